The molecule has 0 saturated carbocycles. The Hall–Kier alpha value is -2.83. The standard InChI is InChI=1S/C16H12F3N3O/c17-16(18,19)9-23-14-6-4-11(5-7-14)12-2-1-3-13(8-12)15-20-10-21-22-15/h1-8,10H,9H2,(H,20,21,22). The number of nitrogens with zero attached hydrogens (tertiary/aromatic N) is 2. The lowest BCUT2D eigenvalue weighted by molar-refractivity contribution is -0.153. The van der Waals surface area contributed by atoms with E-state index < -0.39 is 12.8 Å². The molecule has 0 saturated heterocycles. The first kappa shape index (κ1) is 15.1. The molecule has 23 heavy (non-hydrogen) atoms. The molecule has 0 atom stereocenters. The van der Waals surface area contributed by atoms with Gasteiger partial charge < -0.3 is 4.74 Å². The van der Waals surface area contributed by atoms with Crippen LogP contribution in [-0.4, -0.2) is 28.0 Å². The molecule has 0 unspecified atom stereocenters. The van der Waals surface area contributed by atoms with E-state index in [0.717, 1.165) is 16.7 Å². The van der Waals surface area contributed by atoms with E-state index in [2.05, 4.69) is 15.2 Å². The summed E-state index contributed by atoms with van der Waals surface area (Å²) in [5.74, 6) is 0.828. The smallest absolute Gasteiger partial charge is 0.422 e. The van der Waals surface area contributed by atoms with Crippen LogP contribution in [0.1, 0.15) is 0 Å². The number of halogens is 3. The number of benzene rings is 2. The molecule has 1 N–H and O–H groups in total. The number of aromatic nitrogens is 3. The minimum Gasteiger partial charge on any atom is -0.484 e. The number of aromatic amines is 1. The largest absolute Gasteiger partial charge is 0.484 e. The Bertz CT molecular complexity index is 768. The van der Waals surface area contributed by atoms with Crippen LogP contribution in [0.15, 0.2) is 54.9 Å². The van der Waals surface area contributed by atoms with E-state index in [-0.39, 0.29) is 5.75 Å². The second-order valence-electron chi connectivity index (χ2n) is 4.84. The molecule has 2 aromatic carbocycles. The Morgan fingerprint density at radius 3 is 2.35 bits per heavy atom. The lowest BCUT2D eigenvalue weighted by Crippen LogP contribution is -2.19. The van der Waals surface area contributed by atoms with Gasteiger partial charge in [0.15, 0.2) is 12.4 Å². The maximum atomic E-state index is 12.1. The highest BCUT2D eigenvalue weighted by Crippen LogP contribution is 2.26. The van der Waals surface area contributed by atoms with Gasteiger partial charge in [-0.15, -0.1) is 0 Å². The number of hydrogen-bond donors (Lipinski definition) is 1. The highest BCUT2D eigenvalue weighted by atomic mass is 19.4. The number of nitrogens with one attached hydrogen (secondary N) is 1. The Kier molecular flexibility index (Phi) is 4.01. The van der Waals surface area contributed by atoms with Crippen LogP contribution in [0.2, 0.25) is 0 Å². The van der Waals surface area contributed by atoms with Crippen molar-refractivity contribution in [2.24, 2.45) is 0 Å². The molecule has 0 aliphatic carbocycles. The van der Waals surface area contributed by atoms with Crippen LogP contribution in [0.5, 0.6) is 5.75 Å². The van der Waals surface area contributed by atoms with Crippen molar-refractivity contribution in [3.63, 3.8) is 0 Å². The molecule has 1 heterocycles. The van der Waals surface area contributed by atoms with Gasteiger partial charge in [-0.2, -0.15) is 18.3 Å². The molecule has 0 bridgehead atoms. The fraction of sp³-hybridized carbons (Fsp3) is 0.125. The zero-order chi connectivity index (χ0) is 16.3. The van der Waals surface area contributed by atoms with Crippen molar-refractivity contribution < 1.29 is 17.9 Å². The summed E-state index contributed by atoms with van der Waals surface area (Å²) in [6.45, 7) is -1.30. The maximum Gasteiger partial charge on any atom is 0.422 e. The predicted molar refractivity (Wildman–Crippen MR) is 78.8 cm³/mol. The third-order valence-electron chi connectivity index (χ3n) is 3.14. The van der Waals surface area contributed by atoms with Crippen molar-refractivity contribution in [3.8, 4) is 28.3 Å². The number of rotatable bonds is 4. The third kappa shape index (κ3) is 3.88. The van der Waals surface area contributed by atoms with Crippen molar-refractivity contribution in [1.82, 2.24) is 15.2 Å². The summed E-state index contributed by atoms with van der Waals surface area (Å²) >= 11 is 0. The average Bonchev–Trinajstić information content (AvgIpc) is 3.07. The number of H-pyrrole nitrogens is 1. The Morgan fingerprint density at radius 1 is 0.957 bits per heavy atom. The molecule has 0 aliphatic heterocycles. The third-order valence-corrected chi connectivity index (χ3v) is 3.14. The van der Waals surface area contributed by atoms with Gasteiger partial charge in [0.25, 0.3) is 0 Å². The normalized spacial score (nSPS) is 11.4. The van der Waals surface area contributed by atoms with Crippen molar-refractivity contribution in [2.75, 3.05) is 6.61 Å². The maximum absolute atomic E-state index is 12.1. The summed E-state index contributed by atoms with van der Waals surface area (Å²) in [7, 11) is 0. The molecule has 7 heteroatoms. The predicted octanol–water partition coefficient (Wildman–Crippen LogP) is 4.08. The van der Waals surface area contributed by atoms with Gasteiger partial charge in [0.05, 0.1) is 0 Å². The summed E-state index contributed by atoms with van der Waals surface area (Å²) < 4.78 is 41.1. The molecule has 118 valence electrons. The fourth-order valence-electron chi connectivity index (χ4n) is 2.10. The first-order valence-corrected chi connectivity index (χ1v) is 6.77. The first-order chi connectivity index (χ1) is 11.0. The highest BCUT2D eigenvalue weighted by Gasteiger charge is 2.28. The Balaban J connectivity index is 1.78. The molecule has 3 rings (SSSR count). The van der Waals surface area contributed by atoms with Crippen molar-refractivity contribution in [2.45, 2.75) is 6.18 Å². The molecule has 0 aliphatic rings. The van der Waals surface area contributed by atoms with E-state index in [1.165, 1.54) is 18.5 Å². The van der Waals surface area contributed by atoms with E-state index >= 15 is 0 Å². The summed E-state index contributed by atoms with van der Waals surface area (Å²) in [6.07, 6.45) is -2.92. The Morgan fingerprint density at radius 2 is 1.70 bits per heavy atom. The molecular formula is C16H12F3N3O. The number of alkyl halides is 3. The molecule has 1 aromatic heterocycles. The zero-order valence-electron chi connectivity index (χ0n) is 11.8. The van der Waals surface area contributed by atoms with Gasteiger partial charge in [-0.1, -0.05) is 30.3 Å². The second-order valence-corrected chi connectivity index (χ2v) is 4.84. The van der Waals surface area contributed by atoms with E-state index in [0.29, 0.717) is 5.82 Å². The van der Waals surface area contributed by atoms with Crippen molar-refractivity contribution in [1.29, 1.82) is 0 Å². The van der Waals surface area contributed by atoms with Gasteiger partial charge in [0.2, 0.25) is 0 Å². The molecule has 3 aromatic rings. The minimum absolute atomic E-state index is 0.178. The van der Waals surface area contributed by atoms with Crippen LogP contribution in [0, 0.1) is 0 Å². The Labute approximate surface area is 130 Å². The molecule has 4 nitrogen and oxygen atoms in total. The lowest BCUT2D eigenvalue weighted by Gasteiger charge is -2.10. The SMILES string of the molecule is FC(F)(F)COc1ccc(-c2cccc(-c3ncn[nH]3)c2)cc1. The second kappa shape index (κ2) is 6.12. The van der Waals surface area contributed by atoms with E-state index in [1.807, 2.05) is 24.3 Å². The van der Waals surface area contributed by atoms with E-state index in [9.17, 15) is 13.2 Å². The van der Waals surface area contributed by atoms with Gasteiger partial charge in [-0.25, -0.2) is 4.98 Å². The van der Waals surface area contributed by atoms with Crippen LogP contribution < -0.4 is 4.74 Å². The monoisotopic (exact) mass is 319 g/mol. The fourth-order valence-corrected chi connectivity index (χ4v) is 2.10. The van der Waals surface area contributed by atoms with Crippen LogP contribution >= 0.6 is 0 Å². The average molecular weight is 319 g/mol. The van der Waals surface area contributed by atoms with Crippen LogP contribution in [0.4, 0.5) is 13.2 Å². The summed E-state index contributed by atoms with van der Waals surface area (Å²) in [5.41, 5.74) is 2.66. The van der Waals surface area contributed by atoms with E-state index in [4.69, 9.17) is 4.74 Å². The van der Waals surface area contributed by atoms with Gasteiger partial charge >= 0.3 is 6.18 Å². The highest BCUT2D eigenvalue weighted by molar-refractivity contribution is 5.70. The summed E-state index contributed by atoms with van der Waals surface area (Å²) in [5, 5.41) is 6.59. The molecular weight excluding hydrogens is 307 g/mol. The van der Waals surface area contributed by atoms with Crippen molar-refractivity contribution >= 4 is 0 Å². The van der Waals surface area contributed by atoms with Crippen molar-refractivity contribution in [3.05, 3.63) is 54.9 Å². The molecule has 0 radical (unpaired) electrons. The van der Waals surface area contributed by atoms with Crippen LogP contribution in [0.3, 0.4) is 0 Å². The van der Waals surface area contributed by atoms with Crippen LogP contribution in [0.25, 0.3) is 22.5 Å². The quantitative estimate of drug-likeness (QED) is 0.788. The number of hydrogen-bond acceptors (Lipinski definition) is 3. The molecule has 0 spiro atoms. The number of ether oxygens (including phenoxy) is 1. The molecule has 0 amide bonds. The van der Waals surface area contributed by atoms with Gasteiger partial charge in [0.1, 0.15) is 12.1 Å². The summed E-state index contributed by atoms with van der Waals surface area (Å²) in [6, 6.07) is 14.1. The van der Waals surface area contributed by atoms with Crippen LogP contribution in [-0.2, 0) is 0 Å². The zero-order valence-corrected chi connectivity index (χ0v) is 11.8. The first-order valence-electron chi connectivity index (χ1n) is 6.77. The van der Waals surface area contributed by atoms with Gasteiger partial charge in [-0.3, -0.25) is 5.10 Å². The lowest BCUT2D eigenvalue weighted by atomic mass is 10.0. The summed E-state index contributed by atoms with van der Waals surface area (Å²) in [4.78, 5) is 4.09. The minimum atomic E-state index is -4.34. The van der Waals surface area contributed by atoms with E-state index in [1.54, 1.807) is 12.1 Å². The molecule has 0 fully saturated rings. The topological polar surface area (TPSA) is 50.8 Å². The van der Waals surface area contributed by atoms with Gasteiger partial charge in [0, 0.05) is 5.56 Å². The van der Waals surface area contributed by atoms with Gasteiger partial charge in [-0.05, 0) is 29.3 Å².